The lowest BCUT2D eigenvalue weighted by Crippen LogP contribution is -2.62. The summed E-state index contributed by atoms with van der Waals surface area (Å²) in [5.74, 6) is -0.759. The molecule has 8 nitrogen and oxygen atoms in total. The van der Waals surface area contributed by atoms with Crippen LogP contribution in [0.1, 0.15) is 27.2 Å². The molecule has 8 heteroatoms. The van der Waals surface area contributed by atoms with Crippen LogP contribution in [0.15, 0.2) is 0 Å². The standard InChI is InChI=1S/C19H29N3O5/c1-4-21-17(24)14-15(18(21)25)27-19(3)9-12(2)10-22(16(14)19)13(23)11-20-5-7-26-8-6-20/h12,14-16H,4-11H2,1-3H3/t12-,14-,15-,16-,19-/m0/s1. The highest BCUT2D eigenvalue weighted by Crippen LogP contribution is 2.49. The van der Waals surface area contributed by atoms with Crippen LogP contribution in [-0.4, -0.2) is 96.1 Å². The fourth-order valence-corrected chi connectivity index (χ4v) is 5.40. The fraction of sp³-hybridized carbons (Fsp3) is 0.842. The Hall–Kier alpha value is -1.51. The Morgan fingerprint density at radius 3 is 2.59 bits per heavy atom. The molecule has 0 saturated carbocycles. The summed E-state index contributed by atoms with van der Waals surface area (Å²) in [6.45, 7) is 9.85. The molecule has 0 N–H and O–H groups in total. The molecule has 4 aliphatic heterocycles. The van der Waals surface area contributed by atoms with E-state index in [1.807, 2.05) is 11.8 Å². The number of amides is 3. The predicted octanol–water partition coefficient (Wildman–Crippen LogP) is -0.282. The number of likely N-dealkylation sites (tertiary alicyclic amines) is 2. The molecule has 0 aromatic carbocycles. The van der Waals surface area contributed by atoms with Gasteiger partial charge in [-0.25, -0.2) is 0 Å². The summed E-state index contributed by atoms with van der Waals surface area (Å²) in [4.78, 5) is 44.0. The van der Waals surface area contributed by atoms with Crippen LogP contribution in [0.4, 0.5) is 0 Å². The van der Waals surface area contributed by atoms with Gasteiger partial charge in [0.05, 0.1) is 37.3 Å². The maximum atomic E-state index is 13.2. The van der Waals surface area contributed by atoms with Gasteiger partial charge in [0, 0.05) is 26.2 Å². The van der Waals surface area contributed by atoms with Crippen molar-refractivity contribution in [1.82, 2.24) is 14.7 Å². The fourth-order valence-electron chi connectivity index (χ4n) is 5.40. The van der Waals surface area contributed by atoms with Crippen molar-refractivity contribution in [3.63, 3.8) is 0 Å². The number of carbonyl (C=O) groups excluding carboxylic acids is 3. The summed E-state index contributed by atoms with van der Waals surface area (Å²) in [6, 6.07) is -0.375. The number of carbonyl (C=O) groups is 3. The molecule has 3 amide bonds. The summed E-state index contributed by atoms with van der Waals surface area (Å²) >= 11 is 0. The molecule has 0 spiro atoms. The molecule has 0 aromatic rings. The number of imide groups is 1. The molecule has 4 rings (SSSR count). The largest absolute Gasteiger partial charge is 0.379 e. The van der Waals surface area contributed by atoms with Gasteiger partial charge in [-0.1, -0.05) is 6.92 Å². The molecular weight excluding hydrogens is 350 g/mol. The molecule has 4 fully saturated rings. The lowest BCUT2D eigenvalue weighted by Gasteiger charge is -2.47. The SMILES string of the molecule is CCN1C(=O)[C@H]2[C@H](O[C@@]3(C)C[C@H](C)CN(C(=O)CN4CCOCC4)[C@@H]23)C1=O. The number of morpholine rings is 1. The van der Waals surface area contributed by atoms with E-state index in [1.165, 1.54) is 4.90 Å². The lowest BCUT2D eigenvalue weighted by molar-refractivity contribution is -0.159. The van der Waals surface area contributed by atoms with Gasteiger partial charge in [-0.3, -0.25) is 24.2 Å². The van der Waals surface area contributed by atoms with Crippen LogP contribution in [0.5, 0.6) is 0 Å². The van der Waals surface area contributed by atoms with Gasteiger partial charge in [0.15, 0.2) is 6.10 Å². The number of likely N-dealkylation sites (N-methyl/N-ethyl adjacent to an activating group) is 1. The van der Waals surface area contributed by atoms with Crippen molar-refractivity contribution >= 4 is 17.7 Å². The second-order valence-corrected chi connectivity index (χ2v) is 8.49. The van der Waals surface area contributed by atoms with E-state index < -0.39 is 17.6 Å². The Kier molecular flexibility index (Phi) is 4.76. The van der Waals surface area contributed by atoms with Crippen molar-refractivity contribution in [1.29, 1.82) is 0 Å². The van der Waals surface area contributed by atoms with Crippen molar-refractivity contribution in [3.05, 3.63) is 0 Å². The third-order valence-corrected chi connectivity index (χ3v) is 6.45. The van der Waals surface area contributed by atoms with Crippen LogP contribution >= 0.6 is 0 Å². The van der Waals surface area contributed by atoms with Gasteiger partial charge in [-0.2, -0.15) is 0 Å². The van der Waals surface area contributed by atoms with Gasteiger partial charge in [-0.05, 0) is 26.2 Å². The third-order valence-electron chi connectivity index (χ3n) is 6.45. The Bertz CT molecular complexity index is 649. The molecular formula is C19H29N3O5. The van der Waals surface area contributed by atoms with E-state index in [0.717, 1.165) is 19.5 Å². The van der Waals surface area contributed by atoms with E-state index in [9.17, 15) is 14.4 Å². The molecule has 0 unspecified atom stereocenters. The molecule has 0 bridgehead atoms. The Balaban J connectivity index is 1.60. The van der Waals surface area contributed by atoms with E-state index in [1.54, 1.807) is 6.92 Å². The smallest absolute Gasteiger partial charge is 0.259 e. The second kappa shape index (κ2) is 6.83. The first-order valence-corrected chi connectivity index (χ1v) is 9.98. The molecule has 4 heterocycles. The van der Waals surface area contributed by atoms with Gasteiger partial charge in [0.2, 0.25) is 11.8 Å². The number of rotatable bonds is 3. The minimum absolute atomic E-state index is 0.0131. The highest BCUT2D eigenvalue weighted by Gasteiger charge is 2.66. The number of fused-ring (bicyclic) bond motifs is 3. The van der Waals surface area contributed by atoms with Gasteiger partial charge < -0.3 is 14.4 Å². The molecule has 27 heavy (non-hydrogen) atoms. The summed E-state index contributed by atoms with van der Waals surface area (Å²) < 4.78 is 11.6. The number of nitrogens with zero attached hydrogens (tertiary/aromatic N) is 3. The van der Waals surface area contributed by atoms with Crippen molar-refractivity contribution < 1.29 is 23.9 Å². The van der Waals surface area contributed by atoms with Gasteiger partial charge >= 0.3 is 0 Å². The Morgan fingerprint density at radius 1 is 1.22 bits per heavy atom. The predicted molar refractivity (Wildman–Crippen MR) is 95.7 cm³/mol. The minimum Gasteiger partial charge on any atom is -0.379 e. The van der Waals surface area contributed by atoms with Crippen LogP contribution in [0.3, 0.4) is 0 Å². The zero-order valence-electron chi connectivity index (χ0n) is 16.3. The topological polar surface area (TPSA) is 79.4 Å². The number of hydrogen-bond donors (Lipinski definition) is 0. The first kappa shape index (κ1) is 18.8. The van der Waals surface area contributed by atoms with Crippen molar-refractivity contribution in [2.45, 2.75) is 44.9 Å². The van der Waals surface area contributed by atoms with Crippen LogP contribution in [0.25, 0.3) is 0 Å². The van der Waals surface area contributed by atoms with Crippen molar-refractivity contribution in [3.8, 4) is 0 Å². The van der Waals surface area contributed by atoms with Crippen molar-refractivity contribution in [2.75, 3.05) is 45.9 Å². The molecule has 4 aliphatic rings. The zero-order chi connectivity index (χ0) is 19.3. The van der Waals surface area contributed by atoms with Crippen LogP contribution < -0.4 is 0 Å². The molecule has 0 aromatic heterocycles. The van der Waals surface area contributed by atoms with Crippen molar-refractivity contribution in [2.24, 2.45) is 11.8 Å². The average Bonchev–Trinajstić information content (AvgIpc) is 3.05. The summed E-state index contributed by atoms with van der Waals surface area (Å²) in [5.41, 5.74) is -0.654. The van der Waals surface area contributed by atoms with Gasteiger partial charge in [-0.15, -0.1) is 0 Å². The third kappa shape index (κ3) is 2.98. The highest BCUT2D eigenvalue weighted by atomic mass is 16.5. The summed E-state index contributed by atoms with van der Waals surface area (Å²) in [6.07, 6.45) is -0.00460. The minimum atomic E-state index is -0.753. The lowest BCUT2D eigenvalue weighted by atomic mass is 9.77. The maximum absolute atomic E-state index is 13.2. The molecule has 0 radical (unpaired) electrons. The zero-order valence-corrected chi connectivity index (χ0v) is 16.3. The van der Waals surface area contributed by atoms with E-state index in [0.29, 0.717) is 32.8 Å². The first-order valence-electron chi connectivity index (χ1n) is 9.98. The summed E-state index contributed by atoms with van der Waals surface area (Å²) in [5, 5.41) is 0. The molecule has 5 atom stereocenters. The number of piperidine rings is 1. The van der Waals surface area contributed by atoms with E-state index >= 15 is 0 Å². The quantitative estimate of drug-likeness (QED) is 0.628. The van der Waals surface area contributed by atoms with Crippen LogP contribution in [0.2, 0.25) is 0 Å². The monoisotopic (exact) mass is 379 g/mol. The normalized spacial score (nSPS) is 39.7. The van der Waals surface area contributed by atoms with Crippen LogP contribution in [0, 0.1) is 11.8 Å². The summed E-state index contributed by atoms with van der Waals surface area (Å²) in [7, 11) is 0. The van der Waals surface area contributed by atoms with Gasteiger partial charge in [0.25, 0.3) is 5.91 Å². The first-order chi connectivity index (χ1) is 12.9. The van der Waals surface area contributed by atoms with Gasteiger partial charge in [0.1, 0.15) is 0 Å². The maximum Gasteiger partial charge on any atom is 0.259 e. The average molecular weight is 379 g/mol. The van der Waals surface area contributed by atoms with E-state index in [2.05, 4.69) is 11.8 Å². The molecule has 0 aliphatic carbocycles. The Labute approximate surface area is 159 Å². The Morgan fingerprint density at radius 2 is 1.93 bits per heavy atom. The van der Waals surface area contributed by atoms with E-state index in [4.69, 9.17) is 9.47 Å². The second-order valence-electron chi connectivity index (χ2n) is 8.49. The molecule has 150 valence electrons. The number of hydrogen-bond acceptors (Lipinski definition) is 6. The van der Waals surface area contributed by atoms with E-state index in [-0.39, 0.29) is 29.7 Å². The van der Waals surface area contributed by atoms with Crippen LogP contribution in [-0.2, 0) is 23.9 Å². The number of ether oxygens (including phenoxy) is 2. The molecule has 4 saturated heterocycles. The highest BCUT2D eigenvalue weighted by molar-refractivity contribution is 6.07.